The van der Waals surface area contributed by atoms with Gasteiger partial charge in [-0.15, -0.1) is 0 Å². The van der Waals surface area contributed by atoms with E-state index in [-0.39, 0.29) is 12.0 Å². The Balaban J connectivity index is 1.57. The SMILES string of the molecule is CCOc1ccc(C(=O)NC[C@@H]2COc3ccccc3O2)cc1C. The van der Waals surface area contributed by atoms with Gasteiger partial charge in [0, 0.05) is 5.56 Å². The summed E-state index contributed by atoms with van der Waals surface area (Å²) in [7, 11) is 0. The Morgan fingerprint density at radius 3 is 2.79 bits per heavy atom. The molecule has 1 aliphatic rings. The molecule has 24 heavy (non-hydrogen) atoms. The van der Waals surface area contributed by atoms with E-state index in [1.807, 2.05) is 50.2 Å². The van der Waals surface area contributed by atoms with E-state index < -0.39 is 0 Å². The maximum atomic E-state index is 12.3. The number of nitrogens with one attached hydrogen (secondary N) is 1. The zero-order chi connectivity index (χ0) is 16.9. The molecule has 2 aromatic rings. The molecule has 2 aromatic carbocycles. The van der Waals surface area contributed by atoms with Gasteiger partial charge in [-0.2, -0.15) is 0 Å². The molecule has 0 spiro atoms. The van der Waals surface area contributed by atoms with Crippen LogP contribution in [0.1, 0.15) is 22.8 Å². The molecule has 0 fully saturated rings. The number of ether oxygens (including phenoxy) is 3. The molecule has 3 rings (SSSR count). The Morgan fingerprint density at radius 1 is 1.25 bits per heavy atom. The largest absolute Gasteiger partial charge is 0.494 e. The average molecular weight is 327 g/mol. The second kappa shape index (κ2) is 7.25. The van der Waals surface area contributed by atoms with Gasteiger partial charge >= 0.3 is 0 Å². The van der Waals surface area contributed by atoms with E-state index in [1.54, 1.807) is 6.07 Å². The summed E-state index contributed by atoms with van der Waals surface area (Å²) in [4.78, 5) is 12.3. The average Bonchev–Trinajstić information content (AvgIpc) is 2.61. The molecule has 0 saturated carbocycles. The van der Waals surface area contributed by atoms with Crippen molar-refractivity contribution >= 4 is 5.91 Å². The smallest absolute Gasteiger partial charge is 0.251 e. The number of fused-ring (bicyclic) bond motifs is 1. The molecule has 0 aromatic heterocycles. The second-order valence-electron chi connectivity index (χ2n) is 5.62. The highest BCUT2D eigenvalue weighted by Crippen LogP contribution is 2.30. The van der Waals surface area contributed by atoms with Gasteiger partial charge in [-0.05, 0) is 49.7 Å². The Bertz CT molecular complexity index is 729. The topological polar surface area (TPSA) is 56.8 Å². The van der Waals surface area contributed by atoms with E-state index >= 15 is 0 Å². The first-order valence-electron chi connectivity index (χ1n) is 8.07. The number of aryl methyl sites for hydroxylation is 1. The lowest BCUT2D eigenvalue weighted by atomic mass is 10.1. The summed E-state index contributed by atoms with van der Waals surface area (Å²) in [5.74, 6) is 2.11. The molecule has 0 bridgehead atoms. The Morgan fingerprint density at radius 2 is 2.04 bits per heavy atom. The molecule has 5 heteroatoms. The number of benzene rings is 2. The fourth-order valence-corrected chi connectivity index (χ4v) is 2.58. The van der Waals surface area contributed by atoms with Crippen LogP contribution in [0.4, 0.5) is 0 Å². The molecule has 0 radical (unpaired) electrons. The summed E-state index contributed by atoms with van der Waals surface area (Å²) >= 11 is 0. The number of amides is 1. The minimum Gasteiger partial charge on any atom is -0.494 e. The lowest BCUT2D eigenvalue weighted by molar-refractivity contribution is 0.0789. The van der Waals surface area contributed by atoms with Crippen LogP contribution in [0.2, 0.25) is 0 Å². The molecule has 1 atom stereocenters. The van der Waals surface area contributed by atoms with Gasteiger partial charge in [0.15, 0.2) is 11.5 Å². The van der Waals surface area contributed by atoms with Crippen LogP contribution in [-0.4, -0.2) is 31.8 Å². The van der Waals surface area contributed by atoms with Crippen LogP contribution in [0.5, 0.6) is 17.2 Å². The molecule has 5 nitrogen and oxygen atoms in total. The summed E-state index contributed by atoms with van der Waals surface area (Å²) < 4.78 is 17.0. The molecule has 1 amide bonds. The zero-order valence-corrected chi connectivity index (χ0v) is 13.9. The maximum Gasteiger partial charge on any atom is 0.251 e. The fraction of sp³-hybridized carbons (Fsp3) is 0.316. The third-order valence-electron chi connectivity index (χ3n) is 3.79. The highest BCUT2D eigenvalue weighted by Gasteiger charge is 2.21. The standard InChI is InChI=1S/C19H21NO4/c1-3-22-16-9-8-14(10-13(16)2)19(21)20-11-15-12-23-17-6-4-5-7-18(17)24-15/h4-10,15H,3,11-12H2,1-2H3,(H,20,21)/t15-/m1/s1. The summed E-state index contributed by atoms with van der Waals surface area (Å²) in [6.45, 7) is 5.27. The quantitative estimate of drug-likeness (QED) is 0.917. The molecule has 0 aliphatic carbocycles. The summed E-state index contributed by atoms with van der Waals surface area (Å²) in [6, 6.07) is 12.9. The van der Waals surface area contributed by atoms with Crippen LogP contribution < -0.4 is 19.5 Å². The van der Waals surface area contributed by atoms with E-state index in [4.69, 9.17) is 14.2 Å². The van der Waals surface area contributed by atoms with Gasteiger partial charge in [-0.3, -0.25) is 4.79 Å². The van der Waals surface area contributed by atoms with Gasteiger partial charge in [0.1, 0.15) is 18.5 Å². The summed E-state index contributed by atoms with van der Waals surface area (Å²) in [5, 5.41) is 2.89. The molecule has 1 N–H and O–H groups in total. The van der Waals surface area contributed by atoms with E-state index in [0.29, 0.717) is 31.1 Å². The molecule has 0 unspecified atom stereocenters. The van der Waals surface area contributed by atoms with E-state index in [9.17, 15) is 4.79 Å². The normalized spacial score (nSPS) is 15.7. The van der Waals surface area contributed by atoms with E-state index in [1.165, 1.54) is 0 Å². The first kappa shape index (κ1) is 16.2. The van der Waals surface area contributed by atoms with Gasteiger partial charge in [0.2, 0.25) is 0 Å². The Kier molecular flexibility index (Phi) is 4.89. The summed E-state index contributed by atoms with van der Waals surface area (Å²) in [5.41, 5.74) is 1.55. The number of rotatable bonds is 5. The number of hydrogen-bond acceptors (Lipinski definition) is 4. The van der Waals surface area contributed by atoms with Crippen LogP contribution in [0.3, 0.4) is 0 Å². The van der Waals surface area contributed by atoms with Crippen molar-refractivity contribution in [1.29, 1.82) is 0 Å². The molecule has 126 valence electrons. The van der Waals surface area contributed by atoms with E-state index in [0.717, 1.165) is 17.1 Å². The van der Waals surface area contributed by atoms with Crippen LogP contribution in [-0.2, 0) is 0 Å². The van der Waals surface area contributed by atoms with Crippen molar-refractivity contribution in [3.8, 4) is 17.2 Å². The monoisotopic (exact) mass is 327 g/mol. The number of carbonyl (C=O) groups excluding carboxylic acids is 1. The van der Waals surface area contributed by atoms with Gasteiger partial charge in [0.25, 0.3) is 5.91 Å². The van der Waals surface area contributed by atoms with Crippen LogP contribution in [0, 0.1) is 6.92 Å². The first-order chi connectivity index (χ1) is 11.7. The predicted octanol–water partition coefficient (Wildman–Crippen LogP) is 2.96. The van der Waals surface area contributed by atoms with Gasteiger partial charge in [-0.25, -0.2) is 0 Å². The Labute approximate surface area is 141 Å². The highest BCUT2D eigenvalue weighted by molar-refractivity contribution is 5.94. The Hall–Kier alpha value is -2.69. The zero-order valence-electron chi connectivity index (χ0n) is 13.9. The lowest BCUT2D eigenvalue weighted by Crippen LogP contribution is -2.40. The molecular formula is C19H21NO4. The van der Waals surface area contributed by atoms with Crippen molar-refractivity contribution in [3.63, 3.8) is 0 Å². The summed E-state index contributed by atoms with van der Waals surface area (Å²) in [6.07, 6.45) is -0.201. The van der Waals surface area contributed by atoms with Gasteiger partial charge < -0.3 is 19.5 Å². The molecular weight excluding hydrogens is 306 g/mol. The van der Waals surface area contributed by atoms with Crippen LogP contribution in [0.25, 0.3) is 0 Å². The minimum absolute atomic E-state index is 0.136. The van der Waals surface area contributed by atoms with Crippen molar-refractivity contribution in [2.75, 3.05) is 19.8 Å². The second-order valence-corrected chi connectivity index (χ2v) is 5.62. The van der Waals surface area contributed by atoms with Crippen molar-refractivity contribution in [2.45, 2.75) is 20.0 Å². The van der Waals surface area contributed by atoms with Gasteiger partial charge in [0.05, 0.1) is 13.2 Å². The highest BCUT2D eigenvalue weighted by atomic mass is 16.6. The number of para-hydroxylation sites is 2. The first-order valence-corrected chi connectivity index (χ1v) is 8.07. The fourth-order valence-electron chi connectivity index (χ4n) is 2.58. The van der Waals surface area contributed by atoms with Crippen molar-refractivity contribution in [1.82, 2.24) is 5.32 Å². The maximum absolute atomic E-state index is 12.3. The van der Waals surface area contributed by atoms with Crippen molar-refractivity contribution < 1.29 is 19.0 Å². The lowest BCUT2D eigenvalue weighted by Gasteiger charge is -2.26. The van der Waals surface area contributed by atoms with Crippen molar-refractivity contribution in [3.05, 3.63) is 53.6 Å². The van der Waals surface area contributed by atoms with Crippen LogP contribution >= 0.6 is 0 Å². The predicted molar refractivity (Wildman–Crippen MR) is 91.0 cm³/mol. The minimum atomic E-state index is -0.201. The van der Waals surface area contributed by atoms with Gasteiger partial charge in [-0.1, -0.05) is 12.1 Å². The molecule has 1 aliphatic heterocycles. The number of carbonyl (C=O) groups is 1. The molecule has 1 heterocycles. The third-order valence-corrected chi connectivity index (χ3v) is 3.79. The number of hydrogen-bond donors (Lipinski definition) is 1. The van der Waals surface area contributed by atoms with Crippen LogP contribution in [0.15, 0.2) is 42.5 Å². The van der Waals surface area contributed by atoms with E-state index in [2.05, 4.69) is 5.32 Å². The third kappa shape index (κ3) is 3.62. The molecule has 0 saturated heterocycles. The van der Waals surface area contributed by atoms with Crippen molar-refractivity contribution in [2.24, 2.45) is 0 Å².